The van der Waals surface area contributed by atoms with Gasteiger partial charge in [-0.15, -0.1) is 0 Å². The van der Waals surface area contributed by atoms with Gasteiger partial charge in [0.05, 0.1) is 26.0 Å². The van der Waals surface area contributed by atoms with Gasteiger partial charge in [-0.25, -0.2) is 0 Å². The second-order valence-electron chi connectivity index (χ2n) is 7.20. The predicted octanol–water partition coefficient (Wildman–Crippen LogP) is 1.98. The van der Waals surface area contributed by atoms with Crippen LogP contribution in [0.1, 0.15) is 28.5 Å². The highest BCUT2D eigenvalue weighted by atomic mass is 16.5. The van der Waals surface area contributed by atoms with Gasteiger partial charge in [-0.2, -0.15) is 0 Å². The van der Waals surface area contributed by atoms with E-state index in [2.05, 4.69) is 5.32 Å². The zero-order valence-electron chi connectivity index (χ0n) is 14.7. The van der Waals surface area contributed by atoms with E-state index in [1.807, 2.05) is 13.0 Å². The van der Waals surface area contributed by atoms with Crippen LogP contribution in [0.5, 0.6) is 0 Å². The Kier molecular flexibility index (Phi) is 4.32. The Balaban J connectivity index is 1.41. The van der Waals surface area contributed by atoms with Gasteiger partial charge in [-0.1, -0.05) is 0 Å². The minimum absolute atomic E-state index is 0.0555. The maximum absolute atomic E-state index is 12.7. The second kappa shape index (κ2) is 6.64. The molecule has 2 saturated heterocycles. The van der Waals surface area contributed by atoms with Crippen molar-refractivity contribution in [2.45, 2.75) is 19.9 Å². The van der Waals surface area contributed by atoms with Gasteiger partial charge in [0.2, 0.25) is 5.91 Å². The molecule has 2 atom stereocenters. The maximum atomic E-state index is 12.7. The van der Waals surface area contributed by atoms with Crippen molar-refractivity contribution in [3.63, 3.8) is 0 Å². The normalized spacial score (nSPS) is 24.7. The topological polar surface area (TPSA) is 84.9 Å². The highest BCUT2D eigenvalue weighted by molar-refractivity contribution is 5.92. The van der Waals surface area contributed by atoms with Gasteiger partial charge < -0.3 is 23.8 Å². The number of fused-ring (bicyclic) bond motifs is 1. The lowest BCUT2D eigenvalue weighted by molar-refractivity contribution is -0.124. The predicted molar refractivity (Wildman–Crippen MR) is 91.3 cm³/mol. The molecule has 2 fully saturated rings. The van der Waals surface area contributed by atoms with E-state index in [4.69, 9.17) is 13.6 Å². The van der Waals surface area contributed by atoms with Crippen LogP contribution >= 0.6 is 0 Å². The van der Waals surface area contributed by atoms with Crippen LogP contribution in [0.15, 0.2) is 39.4 Å². The Hall–Kier alpha value is -2.54. The number of aryl methyl sites for hydroxylation is 1. The Bertz CT molecular complexity index is 797. The van der Waals surface area contributed by atoms with Crippen molar-refractivity contribution >= 4 is 11.8 Å². The largest absolute Gasteiger partial charge is 0.467 e. The van der Waals surface area contributed by atoms with Gasteiger partial charge in [0.1, 0.15) is 11.5 Å². The number of hydrogen-bond donors (Lipinski definition) is 1. The fourth-order valence-electron chi connectivity index (χ4n) is 3.92. The summed E-state index contributed by atoms with van der Waals surface area (Å²) in [6.45, 7) is 4.34. The minimum atomic E-state index is -0.329. The van der Waals surface area contributed by atoms with Crippen molar-refractivity contribution in [2.24, 2.45) is 11.3 Å². The van der Waals surface area contributed by atoms with E-state index < -0.39 is 0 Å². The number of amides is 2. The molecule has 2 aromatic rings. The van der Waals surface area contributed by atoms with Crippen molar-refractivity contribution in [3.05, 3.63) is 47.8 Å². The van der Waals surface area contributed by atoms with E-state index in [-0.39, 0.29) is 23.1 Å². The highest BCUT2D eigenvalue weighted by Crippen LogP contribution is 2.44. The van der Waals surface area contributed by atoms with Crippen molar-refractivity contribution in [3.8, 4) is 0 Å². The summed E-state index contributed by atoms with van der Waals surface area (Å²) >= 11 is 0. The summed E-state index contributed by atoms with van der Waals surface area (Å²) in [5, 5.41) is 2.89. The Morgan fingerprint density at radius 1 is 1.35 bits per heavy atom. The van der Waals surface area contributed by atoms with E-state index >= 15 is 0 Å². The van der Waals surface area contributed by atoms with Gasteiger partial charge >= 0.3 is 0 Å². The van der Waals surface area contributed by atoms with Crippen molar-refractivity contribution < 1.29 is 23.2 Å². The summed E-state index contributed by atoms with van der Waals surface area (Å²) < 4.78 is 16.3. The molecule has 0 radical (unpaired) electrons. The molecule has 4 heterocycles. The molecule has 1 N–H and O–H groups in total. The summed E-state index contributed by atoms with van der Waals surface area (Å²) in [6, 6.07) is 7.09. The standard InChI is InChI=1S/C19H22N2O5/c1-13-4-5-16(26-13)18(23)21-9-14-10-24-12-19(14,11-21)7-17(22)20-8-15-3-2-6-25-15/h2-6,14H,7-12H2,1H3,(H,20,22)/t14-,19+/m1/s1. The van der Waals surface area contributed by atoms with Crippen LogP contribution in [0.4, 0.5) is 0 Å². The molecule has 0 saturated carbocycles. The molecular formula is C19H22N2O5. The quantitative estimate of drug-likeness (QED) is 0.883. The molecule has 0 aromatic carbocycles. The third kappa shape index (κ3) is 3.14. The fraction of sp³-hybridized carbons (Fsp3) is 0.474. The fourth-order valence-corrected chi connectivity index (χ4v) is 3.92. The number of likely N-dealkylation sites (tertiary alicyclic amines) is 1. The van der Waals surface area contributed by atoms with Crippen LogP contribution < -0.4 is 5.32 Å². The monoisotopic (exact) mass is 358 g/mol. The smallest absolute Gasteiger partial charge is 0.289 e. The van der Waals surface area contributed by atoms with Crippen LogP contribution in [0.3, 0.4) is 0 Å². The van der Waals surface area contributed by atoms with E-state index in [1.165, 1.54) is 0 Å². The van der Waals surface area contributed by atoms with Crippen LogP contribution in [0, 0.1) is 18.3 Å². The van der Waals surface area contributed by atoms with E-state index in [0.29, 0.717) is 56.5 Å². The number of furan rings is 2. The molecule has 7 heteroatoms. The van der Waals surface area contributed by atoms with Gasteiger partial charge in [-0.05, 0) is 31.2 Å². The zero-order valence-corrected chi connectivity index (χ0v) is 14.7. The summed E-state index contributed by atoms with van der Waals surface area (Å²) in [7, 11) is 0. The first-order valence-electron chi connectivity index (χ1n) is 8.78. The summed E-state index contributed by atoms with van der Waals surface area (Å²) in [5.41, 5.74) is -0.329. The molecule has 2 aliphatic rings. The molecule has 138 valence electrons. The number of hydrogen-bond acceptors (Lipinski definition) is 5. The lowest BCUT2D eigenvalue weighted by atomic mass is 9.78. The van der Waals surface area contributed by atoms with Crippen molar-refractivity contribution in [1.29, 1.82) is 0 Å². The molecule has 26 heavy (non-hydrogen) atoms. The van der Waals surface area contributed by atoms with Gasteiger partial charge in [-0.3, -0.25) is 9.59 Å². The van der Waals surface area contributed by atoms with Crippen LogP contribution in [0.25, 0.3) is 0 Å². The summed E-state index contributed by atoms with van der Waals surface area (Å²) in [4.78, 5) is 26.9. The lowest BCUT2D eigenvalue weighted by Crippen LogP contribution is -2.38. The molecule has 2 aromatic heterocycles. The first-order chi connectivity index (χ1) is 12.6. The number of nitrogens with zero attached hydrogens (tertiary/aromatic N) is 1. The van der Waals surface area contributed by atoms with Crippen molar-refractivity contribution in [1.82, 2.24) is 10.2 Å². The van der Waals surface area contributed by atoms with Gasteiger partial charge in [0.15, 0.2) is 5.76 Å². The second-order valence-corrected chi connectivity index (χ2v) is 7.20. The summed E-state index contributed by atoms with van der Waals surface area (Å²) in [6.07, 6.45) is 1.91. The van der Waals surface area contributed by atoms with Gasteiger partial charge in [0, 0.05) is 30.8 Å². The van der Waals surface area contributed by atoms with E-state index in [9.17, 15) is 9.59 Å². The molecule has 2 aliphatic heterocycles. The molecule has 7 nitrogen and oxygen atoms in total. The number of carbonyl (C=O) groups excluding carboxylic acids is 2. The Labute approximate surface area is 151 Å². The SMILES string of the molecule is Cc1ccc(C(=O)N2C[C@@H]3COC[C@]3(CC(=O)NCc3ccco3)C2)o1. The van der Waals surface area contributed by atoms with Crippen LogP contribution in [-0.4, -0.2) is 43.0 Å². The minimum Gasteiger partial charge on any atom is -0.467 e. The Morgan fingerprint density at radius 3 is 2.96 bits per heavy atom. The molecule has 0 aliphatic carbocycles. The summed E-state index contributed by atoms with van der Waals surface area (Å²) in [5.74, 6) is 1.76. The Morgan fingerprint density at radius 2 is 2.23 bits per heavy atom. The maximum Gasteiger partial charge on any atom is 0.289 e. The molecule has 0 bridgehead atoms. The number of rotatable bonds is 5. The third-order valence-electron chi connectivity index (χ3n) is 5.31. The number of carbonyl (C=O) groups is 2. The highest BCUT2D eigenvalue weighted by Gasteiger charge is 2.53. The van der Waals surface area contributed by atoms with E-state index in [0.717, 1.165) is 0 Å². The number of nitrogens with one attached hydrogen (secondary N) is 1. The first kappa shape index (κ1) is 16.9. The lowest BCUT2D eigenvalue weighted by Gasteiger charge is -2.26. The molecule has 4 rings (SSSR count). The average molecular weight is 358 g/mol. The molecule has 0 unspecified atom stereocenters. The van der Waals surface area contributed by atoms with E-state index in [1.54, 1.807) is 29.4 Å². The number of ether oxygens (including phenoxy) is 1. The zero-order chi connectivity index (χ0) is 18.1. The van der Waals surface area contributed by atoms with Gasteiger partial charge in [0.25, 0.3) is 5.91 Å². The molecular weight excluding hydrogens is 336 g/mol. The first-order valence-corrected chi connectivity index (χ1v) is 8.78. The van der Waals surface area contributed by atoms with Crippen LogP contribution in [-0.2, 0) is 16.1 Å². The van der Waals surface area contributed by atoms with Crippen LogP contribution in [0.2, 0.25) is 0 Å². The molecule has 2 amide bonds. The van der Waals surface area contributed by atoms with Crippen molar-refractivity contribution in [2.75, 3.05) is 26.3 Å². The third-order valence-corrected chi connectivity index (χ3v) is 5.31. The average Bonchev–Trinajstić information content (AvgIpc) is 3.36. The molecule has 0 spiro atoms.